The summed E-state index contributed by atoms with van der Waals surface area (Å²) >= 11 is 6.35. The summed E-state index contributed by atoms with van der Waals surface area (Å²) < 4.78 is 11.6. The maximum atomic E-state index is 12.5. The van der Waals surface area contributed by atoms with Crippen molar-refractivity contribution in [1.82, 2.24) is 10.2 Å². The highest BCUT2D eigenvalue weighted by atomic mass is 35.5. The smallest absolute Gasteiger partial charge is 0.234 e. The van der Waals surface area contributed by atoms with Crippen molar-refractivity contribution in [2.24, 2.45) is 0 Å². The lowest BCUT2D eigenvalue weighted by molar-refractivity contribution is -0.123. The van der Waals surface area contributed by atoms with Crippen molar-refractivity contribution in [3.8, 4) is 11.5 Å². The van der Waals surface area contributed by atoms with E-state index in [9.17, 15) is 4.79 Å². The molecule has 0 aliphatic carbocycles. The Labute approximate surface area is 164 Å². The Morgan fingerprint density at radius 3 is 2.78 bits per heavy atom. The van der Waals surface area contributed by atoms with Gasteiger partial charge in [0, 0.05) is 11.1 Å². The van der Waals surface area contributed by atoms with E-state index in [-0.39, 0.29) is 18.1 Å². The van der Waals surface area contributed by atoms with Crippen LogP contribution in [0, 0.1) is 0 Å². The van der Waals surface area contributed by atoms with Crippen molar-refractivity contribution >= 4 is 17.5 Å². The Morgan fingerprint density at radius 1 is 1.15 bits per heavy atom. The quantitative estimate of drug-likeness (QED) is 0.855. The fourth-order valence-corrected chi connectivity index (χ4v) is 4.01. The van der Waals surface area contributed by atoms with E-state index in [1.165, 1.54) is 0 Å². The van der Waals surface area contributed by atoms with E-state index in [1.54, 1.807) is 0 Å². The van der Waals surface area contributed by atoms with Gasteiger partial charge in [-0.2, -0.15) is 0 Å². The van der Waals surface area contributed by atoms with E-state index in [0.717, 1.165) is 41.5 Å². The van der Waals surface area contributed by atoms with E-state index in [0.29, 0.717) is 19.7 Å². The third kappa shape index (κ3) is 4.20. The van der Waals surface area contributed by atoms with Gasteiger partial charge >= 0.3 is 0 Å². The van der Waals surface area contributed by atoms with Crippen LogP contribution >= 0.6 is 11.6 Å². The van der Waals surface area contributed by atoms with Crippen molar-refractivity contribution < 1.29 is 14.3 Å². The van der Waals surface area contributed by atoms with Crippen molar-refractivity contribution in [3.63, 3.8) is 0 Å². The number of halogens is 1. The van der Waals surface area contributed by atoms with Crippen LogP contribution in [0.4, 0.5) is 0 Å². The van der Waals surface area contributed by atoms with Crippen LogP contribution in [0.2, 0.25) is 5.02 Å². The zero-order valence-corrected chi connectivity index (χ0v) is 15.8. The number of ether oxygens (including phenoxy) is 2. The molecule has 1 N–H and O–H groups in total. The normalized spacial score (nSPS) is 21.8. The molecule has 2 aromatic carbocycles. The summed E-state index contributed by atoms with van der Waals surface area (Å²) in [4.78, 5) is 14.7. The molecular formula is C21H23ClN2O3. The molecule has 2 atom stereocenters. The molecule has 2 unspecified atom stereocenters. The van der Waals surface area contributed by atoms with Gasteiger partial charge in [-0.3, -0.25) is 9.69 Å². The molecule has 142 valence electrons. The van der Waals surface area contributed by atoms with Gasteiger partial charge in [0.05, 0.1) is 13.1 Å². The first-order chi connectivity index (χ1) is 13.2. The third-order valence-electron chi connectivity index (χ3n) is 5.07. The highest BCUT2D eigenvalue weighted by molar-refractivity contribution is 6.31. The highest BCUT2D eigenvalue weighted by Crippen LogP contribution is 2.35. The zero-order valence-electron chi connectivity index (χ0n) is 15.1. The molecule has 0 saturated carbocycles. The molecule has 6 heteroatoms. The first-order valence-electron chi connectivity index (χ1n) is 9.34. The van der Waals surface area contributed by atoms with Crippen molar-refractivity contribution in [2.45, 2.75) is 25.0 Å². The van der Waals surface area contributed by atoms with E-state index in [4.69, 9.17) is 21.1 Å². The second kappa shape index (κ2) is 8.19. The van der Waals surface area contributed by atoms with E-state index in [1.807, 2.05) is 48.5 Å². The van der Waals surface area contributed by atoms with Gasteiger partial charge in [-0.25, -0.2) is 0 Å². The third-order valence-corrected chi connectivity index (χ3v) is 5.41. The Morgan fingerprint density at radius 2 is 1.93 bits per heavy atom. The molecular weight excluding hydrogens is 364 g/mol. The van der Waals surface area contributed by atoms with Gasteiger partial charge in [0.2, 0.25) is 5.91 Å². The number of fused-ring (bicyclic) bond motifs is 1. The lowest BCUT2D eigenvalue weighted by Crippen LogP contribution is -2.44. The van der Waals surface area contributed by atoms with Crippen LogP contribution in [0.1, 0.15) is 24.4 Å². The minimum absolute atomic E-state index is 0.00332. The lowest BCUT2D eigenvalue weighted by atomic mass is 10.0. The Balaban J connectivity index is 1.30. The summed E-state index contributed by atoms with van der Waals surface area (Å²) in [7, 11) is 0. The van der Waals surface area contributed by atoms with Gasteiger partial charge < -0.3 is 14.8 Å². The molecule has 1 saturated heterocycles. The number of nitrogens with one attached hydrogen (secondary N) is 1. The van der Waals surface area contributed by atoms with Gasteiger partial charge in [0.15, 0.2) is 11.5 Å². The lowest BCUT2D eigenvalue weighted by Gasteiger charge is -2.28. The number of hydrogen-bond acceptors (Lipinski definition) is 4. The standard InChI is InChI=1S/C21H23ClN2O3/c22-17-7-2-1-6-16(17)18-8-5-11-24(18)13-21(25)23-12-15-14-26-19-9-3-4-10-20(19)27-15/h1-4,6-7,9-10,15,18H,5,8,11-14H2,(H,23,25). The summed E-state index contributed by atoms with van der Waals surface area (Å²) in [6.45, 7) is 2.13. The molecule has 5 nitrogen and oxygen atoms in total. The number of para-hydroxylation sites is 2. The predicted octanol–water partition coefficient (Wildman–Crippen LogP) is 3.43. The monoisotopic (exact) mass is 386 g/mol. The van der Waals surface area contributed by atoms with Gasteiger partial charge in [-0.05, 0) is 43.1 Å². The number of hydrogen-bond donors (Lipinski definition) is 1. The Kier molecular flexibility index (Phi) is 5.50. The van der Waals surface area contributed by atoms with Gasteiger partial charge in [-0.1, -0.05) is 41.9 Å². The maximum Gasteiger partial charge on any atom is 0.234 e. The zero-order chi connectivity index (χ0) is 18.6. The van der Waals surface area contributed by atoms with Crippen molar-refractivity contribution in [3.05, 3.63) is 59.1 Å². The second-order valence-corrected chi connectivity index (χ2v) is 7.36. The molecule has 0 aromatic heterocycles. The first kappa shape index (κ1) is 18.1. The average molecular weight is 387 g/mol. The molecule has 0 bridgehead atoms. The molecule has 0 radical (unpaired) electrons. The van der Waals surface area contributed by atoms with Gasteiger partial charge in [0.1, 0.15) is 12.7 Å². The van der Waals surface area contributed by atoms with Gasteiger partial charge in [-0.15, -0.1) is 0 Å². The molecule has 2 aromatic rings. The van der Waals surface area contributed by atoms with Crippen LogP contribution in [0.15, 0.2) is 48.5 Å². The number of carbonyl (C=O) groups excluding carboxylic acids is 1. The number of amides is 1. The largest absolute Gasteiger partial charge is 0.486 e. The highest BCUT2D eigenvalue weighted by Gasteiger charge is 2.29. The first-order valence-corrected chi connectivity index (χ1v) is 9.72. The SMILES string of the molecule is O=C(CN1CCCC1c1ccccc1Cl)NCC1COc2ccccc2O1. The van der Waals surface area contributed by atoms with Crippen LogP contribution in [-0.2, 0) is 4.79 Å². The maximum absolute atomic E-state index is 12.5. The average Bonchev–Trinajstić information content (AvgIpc) is 3.14. The summed E-state index contributed by atoms with van der Waals surface area (Å²) in [6, 6.07) is 15.7. The fraction of sp³-hybridized carbons (Fsp3) is 0.381. The van der Waals surface area contributed by atoms with E-state index < -0.39 is 0 Å². The topological polar surface area (TPSA) is 50.8 Å². The van der Waals surface area contributed by atoms with Crippen LogP contribution in [0.5, 0.6) is 11.5 Å². The molecule has 4 rings (SSSR count). The number of likely N-dealkylation sites (tertiary alicyclic amines) is 1. The van der Waals surface area contributed by atoms with Crippen LogP contribution < -0.4 is 14.8 Å². The summed E-state index contributed by atoms with van der Waals surface area (Å²) in [5.74, 6) is 1.47. The molecule has 1 fully saturated rings. The van der Waals surface area contributed by atoms with Crippen LogP contribution in [0.3, 0.4) is 0 Å². The molecule has 1 amide bonds. The fourth-order valence-electron chi connectivity index (χ4n) is 3.74. The van der Waals surface area contributed by atoms with Crippen molar-refractivity contribution in [2.75, 3.05) is 26.2 Å². The number of rotatable bonds is 5. The predicted molar refractivity (Wildman–Crippen MR) is 104 cm³/mol. The van der Waals surface area contributed by atoms with Crippen LogP contribution in [-0.4, -0.2) is 43.2 Å². The molecule has 0 spiro atoms. The second-order valence-electron chi connectivity index (χ2n) is 6.95. The molecule has 2 aliphatic rings. The minimum atomic E-state index is -0.179. The van der Waals surface area contributed by atoms with Crippen LogP contribution in [0.25, 0.3) is 0 Å². The number of carbonyl (C=O) groups is 1. The van der Waals surface area contributed by atoms with E-state index >= 15 is 0 Å². The number of benzene rings is 2. The van der Waals surface area contributed by atoms with Gasteiger partial charge in [0.25, 0.3) is 0 Å². The number of nitrogens with zero attached hydrogens (tertiary/aromatic N) is 1. The molecule has 2 heterocycles. The summed E-state index contributed by atoms with van der Waals surface area (Å²) in [5.41, 5.74) is 1.10. The van der Waals surface area contributed by atoms with E-state index in [2.05, 4.69) is 10.2 Å². The molecule has 27 heavy (non-hydrogen) atoms. The van der Waals surface area contributed by atoms with Crippen molar-refractivity contribution in [1.29, 1.82) is 0 Å². The molecule has 2 aliphatic heterocycles. The minimum Gasteiger partial charge on any atom is -0.486 e. The summed E-state index contributed by atoms with van der Waals surface area (Å²) in [5, 5.41) is 3.74. The Bertz CT molecular complexity index is 814. The Hall–Kier alpha value is -2.24. The summed E-state index contributed by atoms with van der Waals surface area (Å²) in [6.07, 6.45) is 1.91.